The van der Waals surface area contributed by atoms with E-state index in [1.165, 1.54) is 25.1 Å². The van der Waals surface area contributed by atoms with Crippen molar-refractivity contribution in [2.75, 3.05) is 5.32 Å². The minimum absolute atomic E-state index is 0.0111. The second-order valence-corrected chi connectivity index (χ2v) is 5.03. The van der Waals surface area contributed by atoms with Crippen LogP contribution in [0.5, 0.6) is 0 Å². The molecule has 9 nitrogen and oxygen atoms in total. The summed E-state index contributed by atoms with van der Waals surface area (Å²) in [6.45, 7) is 1.39. The van der Waals surface area contributed by atoms with E-state index in [1.807, 2.05) is 0 Å². The molecule has 1 amide bonds. The molecule has 9 heteroatoms. The summed E-state index contributed by atoms with van der Waals surface area (Å²) in [5.74, 6) is -4.03. The number of hydrogen-bond acceptors (Lipinski definition) is 7. The Morgan fingerprint density at radius 1 is 1.00 bits per heavy atom. The van der Waals surface area contributed by atoms with Crippen LogP contribution in [0, 0.1) is 17.0 Å². The summed E-state index contributed by atoms with van der Waals surface area (Å²) in [4.78, 5) is 44.5. The minimum Gasteiger partial charge on any atom is -0.545 e. The smallest absolute Gasteiger partial charge is 0.273 e. The Labute approximate surface area is 140 Å². The zero-order valence-corrected chi connectivity index (χ0v) is 12.8. The molecule has 2 rings (SSSR count). The highest BCUT2D eigenvalue weighted by Crippen LogP contribution is 2.22. The van der Waals surface area contributed by atoms with Gasteiger partial charge in [-0.1, -0.05) is 6.07 Å². The Morgan fingerprint density at radius 3 is 2.04 bits per heavy atom. The third kappa shape index (κ3) is 3.78. The number of aromatic carboxylic acids is 2. The van der Waals surface area contributed by atoms with Crippen LogP contribution in [0.3, 0.4) is 0 Å². The lowest BCUT2D eigenvalue weighted by Crippen LogP contribution is -2.26. The van der Waals surface area contributed by atoms with Crippen molar-refractivity contribution >= 4 is 29.2 Å². The SMILES string of the molecule is Cc1c(C(=O)Nc2cc(C(=O)[O-])cc(C(=O)[O-])c2)cccc1[N+](=O)[O-]. The van der Waals surface area contributed by atoms with Crippen LogP contribution in [0.2, 0.25) is 0 Å². The standard InChI is InChI=1S/C16H12N2O7/c1-8-12(3-2-4-13(8)18(24)25)14(19)17-11-6-9(15(20)21)5-10(7-11)16(22)23/h2-7H,1H3,(H,17,19)(H,20,21)(H,22,23)/p-2. The van der Waals surface area contributed by atoms with Gasteiger partial charge in [-0.05, 0) is 42.3 Å². The van der Waals surface area contributed by atoms with Gasteiger partial charge in [-0.3, -0.25) is 14.9 Å². The van der Waals surface area contributed by atoms with Crippen molar-refractivity contribution in [1.29, 1.82) is 0 Å². The molecule has 0 aliphatic carbocycles. The van der Waals surface area contributed by atoms with Crippen LogP contribution in [0.4, 0.5) is 11.4 Å². The van der Waals surface area contributed by atoms with Crippen LogP contribution in [-0.2, 0) is 0 Å². The van der Waals surface area contributed by atoms with Crippen molar-refractivity contribution in [1.82, 2.24) is 0 Å². The van der Waals surface area contributed by atoms with Crippen molar-refractivity contribution in [2.45, 2.75) is 6.92 Å². The number of carbonyl (C=O) groups is 3. The van der Waals surface area contributed by atoms with Crippen LogP contribution in [0.15, 0.2) is 36.4 Å². The molecule has 0 aliphatic rings. The summed E-state index contributed by atoms with van der Waals surface area (Å²) in [6, 6.07) is 6.75. The molecule has 0 aliphatic heterocycles. The first kappa shape index (κ1) is 17.6. The van der Waals surface area contributed by atoms with E-state index < -0.39 is 33.9 Å². The third-order valence-corrected chi connectivity index (χ3v) is 3.41. The van der Waals surface area contributed by atoms with Gasteiger partial charge in [0.1, 0.15) is 0 Å². The Hall–Kier alpha value is -3.75. The zero-order valence-electron chi connectivity index (χ0n) is 12.8. The molecule has 0 aromatic heterocycles. The van der Waals surface area contributed by atoms with Gasteiger partial charge in [0.25, 0.3) is 11.6 Å². The number of carboxylic acid groups (broad SMARTS) is 2. The quantitative estimate of drug-likeness (QED) is 0.587. The van der Waals surface area contributed by atoms with E-state index in [0.717, 1.165) is 18.2 Å². The lowest BCUT2D eigenvalue weighted by molar-refractivity contribution is -0.385. The number of benzene rings is 2. The van der Waals surface area contributed by atoms with Gasteiger partial charge < -0.3 is 25.1 Å². The lowest BCUT2D eigenvalue weighted by atomic mass is 10.1. The number of carbonyl (C=O) groups excluding carboxylic acids is 3. The first-order valence-corrected chi connectivity index (χ1v) is 6.84. The molecule has 0 saturated heterocycles. The van der Waals surface area contributed by atoms with Crippen molar-refractivity contribution in [2.24, 2.45) is 0 Å². The highest BCUT2D eigenvalue weighted by molar-refractivity contribution is 6.07. The number of carboxylic acids is 2. The number of anilines is 1. The maximum absolute atomic E-state index is 12.3. The van der Waals surface area contributed by atoms with E-state index in [-0.39, 0.29) is 22.5 Å². The van der Waals surface area contributed by atoms with E-state index in [2.05, 4.69) is 5.32 Å². The molecular formula is C16H10N2O7-2. The molecule has 0 atom stereocenters. The maximum atomic E-state index is 12.3. The Balaban J connectivity index is 2.41. The first-order chi connectivity index (χ1) is 11.7. The van der Waals surface area contributed by atoms with E-state index in [0.29, 0.717) is 0 Å². The summed E-state index contributed by atoms with van der Waals surface area (Å²) in [5, 5.41) is 35.1. The second kappa shape index (κ2) is 6.79. The van der Waals surface area contributed by atoms with Gasteiger partial charge in [0.05, 0.1) is 16.9 Å². The first-order valence-electron chi connectivity index (χ1n) is 6.84. The highest BCUT2D eigenvalue weighted by Gasteiger charge is 2.18. The lowest BCUT2D eigenvalue weighted by Gasteiger charge is -2.13. The molecule has 1 N–H and O–H groups in total. The van der Waals surface area contributed by atoms with Gasteiger partial charge in [0, 0.05) is 22.9 Å². The largest absolute Gasteiger partial charge is 0.545 e. The summed E-state index contributed by atoms with van der Waals surface area (Å²) < 4.78 is 0. The fourth-order valence-electron chi connectivity index (χ4n) is 2.20. The Bertz CT molecular complexity index is 873. The third-order valence-electron chi connectivity index (χ3n) is 3.41. The number of hydrogen-bond donors (Lipinski definition) is 1. The molecule has 25 heavy (non-hydrogen) atoms. The van der Waals surface area contributed by atoms with Crippen molar-refractivity contribution in [3.05, 3.63) is 68.8 Å². The number of rotatable bonds is 5. The number of nitrogens with zero attached hydrogens (tertiary/aromatic N) is 1. The van der Waals surface area contributed by atoms with Crippen LogP contribution in [-0.4, -0.2) is 22.8 Å². The Morgan fingerprint density at radius 2 is 1.56 bits per heavy atom. The van der Waals surface area contributed by atoms with E-state index in [9.17, 15) is 34.7 Å². The minimum atomic E-state index is -1.63. The van der Waals surface area contributed by atoms with Gasteiger partial charge in [0.15, 0.2) is 0 Å². The topological polar surface area (TPSA) is 153 Å². The van der Waals surface area contributed by atoms with Crippen LogP contribution in [0.1, 0.15) is 36.6 Å². The fourth-order valence-corrected chi connectivity index (χ4v) is 2.20. The average molecular weight is 342 g/mol. The molecule has 0 bridgehead atoms. The van der Waals surface area contributed by atoms with Crippen molar-refractivity contribution < 1.29 is 29.5 Å². The molecule has 128 valence electrons. The van der Waals surface area contributed by atoms with Gasteiger partial charge >= 0.3 is 0 Å². The molecule has 0 radical (unpaired) electrons. The summed E-state index contributed by atoms with van der Waals surface area (Å²) >= 11 is 0. The molecular weight excluding hydrogens is 332 g/mol. The summed E-state index contributed by atoms with van der Waals surface area (Å²) in [6.07, 6.45) is 0. The van der Waals surface area contributed by atoms with Crippen LogP contribution >= 0.6 is 0 Å². The second-order valence-electron chi connectivity index (χ2n) is 5.03. The molecule has 2 aromatic rings. The van der Waals surface area contributed by atoms with E-state index >= 15 is 0 Å². The Kier molecular flexibility index (Phi) is 4.78. The van der Waals surface area contributed by atoms with Gasteiger partial charge in [-0.2, -0.15) is 0 Å². The molecule has 0 saturated carbocycles. The zero-order chi connectivity index (χ0) is 18.7. The van der Waals surface area contributed by atoms with Crippen LogP contribution in [0.25, 0.3) is 0 Å². The van der Waals surface area contributed by atoms with Crippen molar-refractivity contribution in [3.8, 4) is 0 Å². The van der Waals surface area contributed by atoms with Gasteiger partial charge in [-0.25, -0.2) is 0 Å². The van der Waals surface area contributed by atoms with E-state index in [1.54, 1.807) is 0 Å². The summed E-state index contributed by atoms with van der Waals surface area (Å²) in [7, 11) is 0. The predicted molar refractivity (Wildman–Crippen MR) is 80.9 cm³/mol. The number of nitro groups is 1. The van der Waals surface area contributed by atoms with Gasteiger partial charge in [0.2, 0.25) is 0 Å². The number of nitrogens with one attached hydrogen (secondary N) is 1. The highest BCUT2D eigenvalue weighted by atomic mass is 16.6. The molecule has 0 heterocycles. The number of nitro benzene ring substituents is 1. The van der Waals surface area contributed by atoms with Crippen LogP contribution < -0.4 is 15.5 Å². The van der Waals surface area contributed by atoms with Crippen molar-refractivity contribution in [3.63, 3.8) is 0 Å². The summed E-state index contributed by atoms with van der Waals surface area (Å²) in [5.41, 5.74) is -1.21. The number of amides is 1. The molecule has 0 unspecified atom stereocenters. The molecule has 0 spiro atoms. The average Bonchev–Trinajstić information content (AvgIpc) is 2.54. The monoisotopic (exact) mass is 342 g/mol. The molecule has 2 aromatic carbocycles. The van der Waals surface area contributed by atoms with Gasteiger partial charge in [-0.15, -0.1) is 0 Å². The van der Waals surface area contributed by atoms with E-state index in [4.69, 9.17) is 0 Å². The fraction of sp³-hybridized carbons (Fsp3) is 0.0625. The molecule has 0 fully saturated rings. The normalized spacial score (nSPS) is 10.1. The maximum Gasteiger partial charge on any atom is 0.273 e. The predicted octanol–water partition coefficient (Wildman–Crippen LogP) is -0.117.